The second kappa shape index (κ2) is 5.54. The third-order valence-electron chi connectivity index (χ3n) is 2.99. The van der Waals surface area contributed by atoms with Crippen molar-refractivity contribution in [1.82, 2.24) is 4.90 Å². The lowest BCUT2D eigenvalue weighted by molar-refractivity contribution is 0.278. The molecule has 1 aromatic heterocycles. The van der Waals surface area contributed by atoms with E-state index in [1.165, 1.54) is 34.2 Å². The minimum absolute atomic E-state index is 0.678. The van der Waals surface area contributed by atoms with Crippen LogP contribution in [-0.2, 0) is 13.1 Å². The topological polar surface area (TPSA) is 29.3 Å². The predicted molar refractivity (Wildman–Crippen MR) is 74.1 cm³/mol. The van der Waals surface area contributed by atoms with Gasteiger partial charge in [-0.1, -0.05) is 6.92 Å². The first-order chi connectivity index (χ1) is 7.69. The molecule has 0 aromatic carbocycles. The maximum absolute atomic E-state index is 5.68. The summed E-state index contributed by atoms with van der Waals surface area (Å²) in [6.07, 6.45) is 0. The third kappa shape index (κ3) is 3.00. The molecule has 0 spiro atoms. The van der Waals surface area contributed by atoms with Gasteiger partial charge < -0.3 is 5.73 Å². The summed E-state index contributed by atoms with van der Waals surface area (Å²) in [6, 6.07) is 2.28. The number of thiophene rings is 1. The summed E-state index contributed by atoms with van der Waals surface area (Å²) in [4.78, 5) is 5.31. The van der Waals surface area contributed by atoms with Crippen LogP contribution in [0, 0.1) is 6.92 Å². The second-order valence-corrected chi connectivity index (χ2v) is 7.30. The molecule has 4 heteroatoms. The average molecular weight is 256 g/mol. The summed E-state index contributed by atoms with van der Waals surface area (Å²) in [7, 11) is 0. The largest absolute Gasteiger partial charge is 0.326 e. The lowest BCUT2D eigenvalue weighted by Crippen LogP contribution is -2.36. The number of thioether (sulfide) groups is 1. The fraction of sp³-hybridized carbons (Fsp3) is 0.667. The first-order valence-electron chi connectivity index (χ1n) is 5.81. The van der Waals surface area contributed by atoms with Crippen molar-refractivity contribution in [2.24, 2.45) is 5.73 Å². The SMILES string of the molecule is Cc1sc(CN)cc1CN1CCSC(C)C1. The minimum atomic E-state index is 0.678. The molecule has 16 heavy (non-hydrogen) atoms. The van der Waals surface area contributed by atoms with Crippen molar-refractivity contribution in [2.75, 3.05) is 18.8 Å². The summed E-state index contributed by atoms with van der Waals surface area (Å²) >= 11 is 3.93. The molecule has 1 aliphatic heterocycles. The number of nitrogens with two attached hydrogens (primary N) is 1. The summed E-state index contributed by atoms with van der Waals surface area (Å²) in [5.41, 5.74) is 7.16. The van der Waals surface area contributed by atoms with E-state index in [-0.39, 0.29) is 0 Å². The van der Waals surface area contributed by atoms with Gasteiger partial charge in [-0.2, -0.15) is 11.8 Å². The molecule has 2 rings (SSSR count). The van der Waals surface area contributed by atoms with Gasteiger partial charge in [0.25, 0.3) is 0 Å². The highest BCUT2D eigenvalue weighted by Crippen LogP contribution is 2.25. The highest BCUT2D eigenvalue weighted by molar-refractivity contribution is 7.99. The van der Waals surface area contributed by atoms with Crippen LogP contribution in [0.1, 0.15) is 22.2 Å². The molecule has 0 radical (unpaired) electrons. The molecule has 2 N–H and O–H groups in total. The standard InChI is InChI=1S/C12H20N2S2/c1-9-7-14(3-4-15-9)8-11-5-12(6-13)16-10(11)2/h5,9H,3-4,6-8,13H2,1-2H3. The Morgan fingerprint density at radius 2 is 2.38 bits per heavy atom. The first-order valence-corrected chi connectivity index (χ1v) is 7.67. The Labute approximate surface area is 106 Å². The van der Waals surface area contributed by atoms with Gasteiger partial charge in [-0.05, 0) is 18.6 Å². The monoisotopic (exact) mass is 256 g/mol. The smallest absolute Gasteiger partial charge is 0.0274 e. The Balaban J connectivity index is 1.99. The summed E-state index contributed by atoms with van der Waals surface area (Å²) in [5, 5.41) is 0.779. The molecule has 1 unspecified atom stereocenters. The molecular formula is C12H20N2S2. The molecule has 1 aliphatic rings. The molecule has 0 aliphatic carbocycles. The van der Waals surface area contributed by atoms with Crippen LogP contribution in [0.2, 0.25) is 0 Å². The number of hydrogen-bond donors (Lipinski definition) is 1. The van der Waals surface area contributed by atoms with Crippen LogP contribution in [0.25, 0.3) is 0 Å². The zero-order valence-electron chi connectivity index (χ0n) is 10.0. The van der Waals surface area contributed by atoms with Crippen LogP contribution in [0.4, 0.5) is 0 Å². The van der Waals surface area contributed by atoms with Gasteiger partial charge in [-0.25, -0.2) is 0 Å². The predicted octanol–water partition coefficient (Wildman–Crippen LogP) is 2.45. The van der Waals surface area contributed by atoms with Crippen molar-refractivity contribution in [3.05, 3.63) is 21.4 Å². The van der Waals surface area contributed by atoms with Crippen molar-refractivity contribution in [2.45, 2.75) is 32.2 Å². The molecule has 0 bridgehead atoms. The third-order valence-corrected chi connectivity index (χ3v) is 5.24. The van der Waals surface area contributed by atoms with E-state index >= 15 is 0 Å². The van der Waals surface area contributed by atoms with Crippen LogP contribution < -0.4 is 5.73 Å². The Morgan fingerprint density at radius 3 is 3.00 bits per heavy atom. The highest BCUT2D eigenvalue weighted by atomic mass is 32.2. The molecule has 1 fully saturated rings. The molecule has 2 nitrogen and oxygen atoms in total. The Kier molecular flexibility index (Phi) is 4.30. The maximum atomic E-state index is 5.68. The summed E-state index contributed by atoms with van der Waals surface area (Å²) in [5.74, 6) is 1.27. The van der Waals surface area contributed by atoms with E-state index in [9.17, 15) is 0 Å². The van der Waals surface area contributed by atoms with Gasteiger partial charge >= 0.3 is 0 Å². The van der Waals surface area contributed by atoms with Crippen molar-refractivity contribution < 1.29 is 0 Å². The molecule has 1 aromatic rings. The van der Waals surface area contributed by atoms with Gasteiger partial charge in [0.05, 0.1) is 0 Å². The Hall–Kier alpha value is -0.0300. The minimum Gasteiger partial charge on any atom is -0.326 e. The average Bonchev–Trinajstić information content (AvgIpc) is 2.60. The van der Waals surface area contributed by atoms with E-state index in [0.29, 0.717) is 6.54 Å². The van der Waals surface area contributed by atoms with Gasteiger partial charge in [-0.15, -0.1) is 11.3 Å². The van der Waals surface area contributed by atoms with Crippen LogP contribution in [-0.4, -0.2) is 29.0 Å². The van der Waals surface area contributed by atoms with Crippen LogP contribution in [0.15, 0.2) is 6.07 Å². The van der Waals surface area contributed by atoms with E-state index in [2.05, 4.69) is 36.6 Å². The second-order valence-electron chi connectivity index (χ2n) is 4.41. The Morgan fingerprint density at radius 1 is 1.56 bits per heavy atom. The molecule has 2 heterocycles. The van der Waals surface area contributed by atoms with Crippen molar-refractivity contribution in [3.8, 4) is 0 Å². The van der Waals surface area contributed by atoms with Crippen LogP contribution >= 0.6 is 23.1 Å². The molecule has 90 valence electrons. The molecule has 1 atom stereocenters. The maximum Gasteiger partial charge on any atom is 0.0274 e. The fourth-order valence-electron chi connectivity index (χ4n) is 2.12. The van der Waals surface area contributed by atoms with Gasteiger partial charge in [0.2, 0.25) is 0 Å². The molecule has 0 saturated carbocycles. The number of aryl methyl sites for hydroxylation is 1. The highest BCUT2D eigenvalue weighted by Gasteiger charge is 2.17. The Bertz CT molecular complexity index is 349. The lowest BCUT2D eigenvalue weighted by Gasteiger charge is -2.30. The normalized spacial score (nSPS) is 22.6. The van der Waals surface area contributed by atoms with E-state index in [0.717, 1.165) is 11.8 Å². The van der Waals surface area contributed by atoms with Crippen molar-refractivity contribution in [3.63, 3.8) is 0 Å². The quantitative estimate of drug-likeness (QED) is 0.901. The van der Waals surface area contributed by atoms with E-state index in [4.69, 9.17) is 5.73 Å². The van der Waals surface area contributed by atoms with Crippen LogP contribution in [0.3, 0.4) is 0 Å². The van der Waals surface area contributed by atoms with Gasteiger partial charge in [0.15, 0.2) is 0 Å². The first kappa shape index (κ1) is 12.4. The zero-order chi connectivity index (χ0) is 11.5. The van der Waals surface area contributed by atoms with Crippen molar-refractivity contribution in [1.29, 1.82) is 0 Å². The summed E-state index contributed by atoms with van der Waals surface area (Å²) in [6.45, 7) is 8.76. The molecule has 0 amide bonds. The molecule has 1 saturated heterocycles. The fourth-order valence-corrected chi connectivity index (χ4v) is 4.13. The zero-order valence-corrected chi connectivity index (χ0v) is 11.7. The number of hydrogen-bond acceptors (Lipinski definition) is 4. The van der Waals surface area contributed by atoms with Gasteiger partial charge in [-0.3, -0.25) is 4.90 Å². The molecular weight excluding hydrogens is 236 g/mol. The van der Waals surface area contributed by atoms with Crippen LogP contribution in [0.5, 0.6) is 0 Å². The number of rotatable bonds is 3. The van der Waals surface area contributed by atoms with Crippen molar-refractivity contribution >= 4 is 23.1 Å². The van der Waals surface area contributed by atoms with E-state index in [1.807, 2.05) is 11.3 Å². The lowest BCUT2D eigenvalue weighted by atomic mass is 10.2. The number of nitrogens with zero attached hydrogens (tertiary/aromatic N) is 1. The summed E-state index contributed by atoms with van der Waals surface area (Å²) < 4.78 is 0. The van der Waals surface area contributed by atoms with E-state index < -0.39 is 0 Å². The van der Waals surface area contributed by atoms with Gasteiger partial charge in [0, 0.05) is 46.9 Å². The van der Waals surface area contributed by atoms with E-state index in [1.54, 1.807) is 0 Å². The van der Waals surface area contributed by atoms with Gasteiger partial charge in [0.1, 0.15) is 0 Å².